The Balaban J connectivity index is 1.34. The molecule has 2 N–H and O–H groups in total. The van der Waals surface area contributed by atoms with Crippen molar-refractivity contribution in [1.29, 1.82) is 0 Å². The molecule has 7 atom stereocenters. The molecule has 4 fully saturated rings. The average molecular weight is 441 g/mol. The molecule has 32 heavy (non-hydrogen) atoms. The maximum atomic E-state index is 12.5. The van der Waals surface area contributed by atoms with Gasteiger partial charge in [-0.05, 0) is 79.1 Å². The molecule has 2 bridgehead atoms. The number of carbonyl (C=O) groups is 1. The van der Waals surface area contributed by atoms with Crippen molar-refractivity contribution in [1.82, 2.24) is 0 Å². The standard InChI is InChI=1S/C28H40O4/c1-25(2)12-7-13-26(3)21-11-10-20-16-27(21,23(29)15-22(25)26)17-28(20,31)18-32-24(30)14-19-8-5-4-6-9-19/h4-6,8-9,20-23,29,31H,7,10-18H2,1-3H3/t20?,21?,22?,23?,26-,27+,28-/m0/s1. The van der Waals surface area contributed by atoms with E-state index < -0.39 is 5.60 Å². The minimum absolute atomic E-state index is 0.0517. The summed E-state index contributed by atoms with van der Waals surface area (Å²) in [6.45, 7) is 7.32. The second kappa shape index (κ2) is 7.56. The van der Waals surface area contributed by atoms with Crippen molar-refractivity contribution >= 4 is 5.97 Å². The molecule has 1 aromatic carbocycles. The number of fused-ring (bicyclic) bond motifs is 3. The van der Waals surface area contributed by atoms with E-state index in [1.54, 1.807) is 0 Å². The third-order valence-corrected chi connectivity index (χ3v) is 10.4. The van der Waals surface area contributed by atoms with Gasteiger partial charge in [0.05, 0.1) is 12.5 Å². The Morgan fingerprint density at radius 2 is 1.84 bits per heavy atom. The molecule has 0 amide bonds. The van der Waals surface area contributed by atoms with Gasteiger partial charge in [0.15, 0.2) is 0 Å². The van der Waals surface area contributed by atoms with Crippen molar-refractivity contribution in [2.75, 3.05) is 6.61 Å². The van der Waals surface area contributed by atoms with Crippen LogP contribution in [0.1, 0.15) is 77.7 Å². The molecule has 4 aliphatic carbocycles. The van der Waals surface area contributed by atoms with Crippen LogP contribution in [0.15, 0.2) is 30.3 Å². The highest BCUT2D eigenvalue weighted by atomic mass is 16.5. The molecule has 4 heteroatoms. The highest BCUT2D eigenvalue weighted by molar-refractivity contribution is 5.72. The highest BCUT2D eigenvalue weighted by Crippen LogP contribution is 2.72. The molecule has 5 rings (SSSR count). The van der Waals surface area contributed by atoms with Gasteiger partial charge in [0.1, 0.15) is 12.2 Å². The van der Waals surface area contributed by atoms with Crippen LogP contribution in [0.25, 0.3) is 0 Å². The molecule has 4 unspecified atom stereocenters. The van der Waals surface area contributed by atoms with Gasteiger partial charge < -0.3 is 14.9 Å². The molecular formula is C28H40O4. The van der Waals surface area contributed by atoms with Crippen LogP contribution >= 0.6 is 0 Å². The molecule has 4 saturated carbocycles. The minimum Gasteiger partial charge on any atom is -0.462 e. The number of hydrogen-bond acceptors (Lipinski definition) is 4. The van der Waals surface area contributed by atoms with Crippen LogP contribution in [0, 0.1) is 34.0 Å². The van der Waals surface area contributed by atoms with Crippen LogP contribution in [0.4, 0.5) is 0 Å². The van der Waals surface area contributed by atoms with E-state index in [1.807, 2.05) is 30.3 Å². The van der Waals surface area contributed by atoms with Crippen molar-refractivity contribution in [3.8, 4) is 0 Å². The predicted molar refractivity (Wildman–Crippen MR) is 124 cm³/mol. The smallest absolute Gasteiger partial charge is 0.310 e. The highest BCUT2D eigenvalue weighted by Gasteiger charge is 2.70. The Morgan fingerprint density at radius 3 is 2.59 bits per heavy atom. The third-order valence-electron chi connectivity index (χ3n) is 10.4. The van der Waals surface area contributed by atoms with E-state index in [9.17, 15) is 15.0 Å². The first kappa shape index (κ1) is 22.4. The molecule has 0 aromatic heterocycles. The molecule has 1 spiro atoms. The van der Waals surface area contributed by atoms with Crippen LogP contribution in [-0.2, 0) is 16.0 Å². The second-order valence-electron chi connectivity index (χ2n) is 12.5. The Kier molecular flexibility index (Phi) is 5.30. The molecule has 176 valence electrons. The van der Waals surface area contributed by atoms with Crippen molar-refractivity contribution in [3.05, 3.63) is 35.9 Å². The Morgan fingerprint density at radius 1 is 1.09 bits per heavy atom. The Labute approximate surface area is 192 Å². The summed E-state index contributed by atoms with van der Waals surface area (Å²) in [5.41, 5.74) is 0.155. The minimum atomic E-state index is -1.02. The maximum absolute atomic E-state index is 12.5. The van der Waals surface area contributed by atoms with Crippen molar-refractivity contribution < 1.29 is 19.7 Å². The molecule has 0 saturated heterocycles. The molecule has 0 heterocycles. The number of benzene rings is 1. The fourth-order valence-electron chi connectivity index (χ4n) is 9.02. The Hall–Kier alpha value is -1.39. The lowest BCUT2D eigenvalue weighted by molar-refractivity contribution is -0.198. The molecule has 0 radical (unpaired) electrons. The zero-order chi connectivity index (χ0) is 22.8. The molecule has 4 nitrogen and oxygen atoms in total. The third kappa shape index (κ3) is 3.36. The number of esters is 1. The number of hydrogen-bond donors (Lipinski definition) is 2. The number of aliphatic hydroxyl groups is 2. The summed E-state index contributed by atoms with van der Waals surface area (Å²) in [6, 6.07) is 9.60. The topological polar surface area (TPSA) is 66.8 Å². The number of carbonyl (C=O) groups excluding carboxylic acids is 1. The maximum Gasteiger partial charge on any atom is 0.310 e. The fraction of sp³-hybridized carbons (Fsp3) is 0.750. The van der Waals surface area contributed by atoms with Gasteiger partial charge in [0.2, 0.25) is 0 Å². The van der Waals surface area contributed by atoms with Gasteiger partial charge in [-0.1, -0.05) is 57.5 Å². The second-order valence-corrected chi connectivity index (χ2v) is 12.5. The van der Waals surface area contributed by atoms with E-state index in [0.29, 0.717) is 18.3 Å². The first-order valence-corrected chi connectivity index (χ1v) is 12.7. The average Bonchev–Trinajstić information content (AvgIpc) is 2.96. The van der Waals surface area contributed by atoms with Gasteiger partial charge in [-0.15, -0.1) is 0 Å². The van der Waals surface area contributed by atoms with Gasteiger partial charge in [-0.2, -0.15) is 0 Å². The summed E-state index contributed by atoms with van der Waals surface area (Å²) >= 11 is 0. The van der Waals surface area contributed by atoms with Gasteiger partial charge >= 0.3 is 5.97 Å². The lowest BCUT2D eigenvalue weighted by Crippen LogP contribution is -2.61. The number of rotatable bonds is 4. The van der Waals surface area contributed by atoms with Gasteiger partial charge in [0.25, 0.3) is 0 Å². The monoisotopic (exact) mass is 440 g/mol. The van der Waals surface area contributed by atoms with Crippen LogP contribution in [-0.4, -0.2) is 34.5 Å². The summed E-state index contributed by atoms with van der Waals surface area (Å²) in [4.78, 5) is 12.5. The van der Waals surface area contributed by atoms with E-state index in [4.69, 9.17) is 4.74 Å². The van der Waals surface area contributed by atoms with E-state index in [1.165, 1.54) is 19.3 Å². The lowest BCUT2D eigenvalue weighted by Gasteiger charge is -2.65. The summed E-state index contributed by atoms with van der Waals surface area (Å²) < 4.78 is 5.65. The quantitative estimate of drug-likeness (QED) is 0.653. The van der Waals surface area contributed by atoms with E-state index in [2.05, 4.69) is 20.8 Å². The lowest BCUT2D eigenvalue weighted by atomic mass is 9.40. The summed E-state index contributed by atoms with van der Waals surface area (Å²) in [5, 5.41) is 23.3. The Bertz CT molecular complexity index is 865. The first-order valence-electron chi connectivity index (χ1n) is 12.7. The first-order chi connectivity index (χ1) is 15.1. The van der Waals surface area contributed by atoms with Crippen LogP contribution in [0.2, 0.25) is 0 Å². The van der Waals surface area contributed by atoms with Crippen LogP contribution in [0.3, 0.4) is 0 Å². The van der Waals surface area contributed by atoms with Gasteiger partial charge in [-0.3, -0.25) is 4.79 Å². The molecule has 4 aliphatic rings. The van der Waals surface area contributed by atoms with Crippen molar-refractivity contribution in [3.63, 3.8) is 0 Å². The van der Waals surface area contributed by atoms with Crippen molar-refractivity contribution in [2.45, 2.75) is 90.3 Å². The molecule has 0 aliphatic heterocycles. The van der Waals surface area contributed by atoms with Crippen molar-refractivity contribution in [2.24, 2.45) is 34.0 Å². The summed E-state index contributed by atoms with van der Waals surface area (Å²) in [5.74, 6) is 0.789. The van der Waals surface area contributed by atoms with E-state index >= 15 is 0 Å². The predicted octanol–water partition coefficient (Wildman–Crippen LogP) is 4.91. The number of ether oxygens (including phenoxy) is 1. The normalized spacial score (nSPS) is 44.4. The van der Waals surface area contributed by atoms with Gasteiger partial charge in [0, 0.05) is 5.41 Å². The zero-order valence-electron chi connectivity index (χ0n) is 20.0. The molecule has 1 aromatic rings. The van der Waals surface area contributed by atoms with Crippen LogP contribution in [0.5, 0.6) is 0 Å². The van der Waals surface area contributed by atoms with E-state index in [-0.39, 0.29) is 47.3 Å². The van der Waals surface area contributed by atoms with Crippen LogP contribution < -0.4 is 0 Å². The summed E-state index contributed by atoms with van der Waals surface area (Å²) in [6.07, 6.45) is 7.90. The SMILES string of the molecule is CC1(C)CCC[C@]2(C)C1CC(O)[C@@]13CC(CCC21)[C@@](O)(COC(=O)Cc1ccccc1)C3. The number of aliphatic hydroxyl groups excluding tert-OH is 1. The zero-order valence-corrected chi connectivity index (χ0v) is 20.0. The largest absolute Gasteiger partial charge is 0.462 e. The molecular weight excluding hydrogens is 400 g/mol. The van der Waals surface area contributed by atoms with E-state index in [0.717, 1.165) is 31.2 Å². The fourth-order valence-corrected chi connectivity index (χ4v) is 9.02. The summed E-state index contributed by atoms with van der Waals surface area (Å²) in [7, 11) is 0. The van der Waals surface area contributed by atoms with Gasteiger partial charge in [-0.25, -0.2) is 0 Å².